The molecule has 3 aromatic rings. The van der Waals surface area contributed by atoms with Crippen LogP contribution in [0, 0.1) is 6.92 Å². The number of hydrogen-bond donors (Lipinski definition) is 1. The van der Waals surface area contributed by atoms with Crippen LogP contribution >= 0.6 is 11.6 Å². The van der Waals surface area contributed by atoms with E-state index in [-0.39, 0.29) is 5.91 Å². The molecular formula is C25H25ClN2O4. The molecule has 3 rings (SSSR count). The molecule has 0 saturated heterocycles. The summed E-state index contributed by atoms with van der Waals surface area (Å²) < 4.78 is 16.5. The van der Waals surface area contributed by atoms with Crippen LogP contribution in [0.3, 0.4) is 0 Å². The maximum Gasteiger partial charge on any atom is 0.271 e. The first-order valence-electron chi connectivity index (χ1n) is 10.1. The van der Waals surface area contributed by atoms with E-state index in [9.17, 15) is 4.79 Å². The molecule has 0 fully saturated rings. The van der Waals surface area contributed by atoms with Gasteiger partial charge in [-0.15, -0.1) is 0 Å². The lowest BCUT2D eigenvalue weighted by molar-refractivity contribution is 0.0954. The average Bonchev–Trinajstić information content (AvgIpc) is 2.79. The molecule has 166 valence electrons. The Morgan fingerprint density at radius 2 is 1.75 bits per heavy atom. The van der Waals surface area contributed by atoms with Crippen LogP contribution in [0.15, 0.2) is 65.8 Å². The molecule has 7 heteroatoms. The summed E-state index contributed by atoms with van der Waals surface area (Å²) >= 11 is 6.33. The van der Waals surface area contributed by atoms with E-state index in [1.54, 1.807) is 37.4 Å². The van der Waals surface area contributed by atoms with E-state index in [4.69, 9.17) is 25.8 Å². The van der Waals surface area contributed by atoms with Crippen molar-refractivity contribution >= 4 is 23.7 Å². The van der Waals surface area contributed by atoms with E-state index in [2.05, 4.69) is 10.5 Å². The second kappa shape index (κ2) is 11.2. The third-order valence-corrected chi connectivity index (χ3v) is 4.87. The van der Waals surface area contributed by atoms with Gasteiger partial charge in [0.15, 0.2) is 11.5 Å². The summed E-state index contributed by atoms with van der Waals surface area (Å²) in [5.74, 6) is 1.27. The summed E-state index contributed by atoms with van der Waals surface area (Å²) in [6.07, 6.45) is 1.51. The molecule has 0 atom stereocenters. The molecule has 0 heterocycles. The number of hydrogen-bond acceptors (Lipinski definition) is 5. The van der Waals surface area contributed by atoms with Crippen molar-refractivity contribution in [3.63, 3.8) is 0 Å². The van der Waals surface area contributed by atoms with Gasteiger partial charge in [-0.05, 0) is 61.4 Å². The molecule has 0 saturated carbocycles. The maximum absolute atomic E-state index is 12.4. The van der Waals surface area contributed by atoms with Crippen molar-refractivity contribution in [1.82, 2.24) is 5.43 Å². The normalized spacial score (nSPS) is 10.8. The first-order chi connectivity index (χ1) is 15.5. The minimum atomic E-state index is -0.367. The summed E-state index contributed by atoms with van der Waals surface area (Å²) in [6, 6.07) is 18.4. The van der Waals surface area contributed by atoms with Gasteiger partial charge in [0.25, 0.3) is 5.91 Å². The molecule has 0 aromatic heterocycles. The number of nitrogens with one attached hydrogen (secondary N) is 1. The van der Waals surface area contributed by atoms with Crippen LogP contribution in [0.4, 0.5) is 0 Å². The number of aryl methyl sites for hydroxylation is 1. The highest BCUT2D eigenvalue weighted by Gasteiger charge is 2.10. The van der Waals surface area contributed by atoms with Gasteiger partial charge in [-0.2, -0.15) is 5.10 Å². The Balaban J connectivity index is 1.59. The van der Waals surface area contributed by atoms with Crippen LogP contribution in [0.25, 0.3) is 0 Å². The molecule has 32 heavy (non-hydrogen) atoms. The van der Waals surface area contributed by atoms with Crippen molar-refractivity contribution < 1.29 is 19.0 Å². The Morgan fingerprint density at radius 3 is 2.44 bits per heavy atom. The summed E-state index contributed by atoms with van der Waals surface area (Å²) in [5, 5.41) is 4.47. The van der Waals surface area contributed by atoms with Crippen molar-refractivity contribution in [1.29, 1.82) is 0 Å². The number of halogens is 1. The number of carbonyl (C=O) groups is 1. The molecule has 6 nitrogen and oxygen atoms in total. The van der Waals surface area contributed by atoms with Crippen molar-refractivity contribution in [2.75, 3.05) is 13.7 Å². The van der Waals surface area contributed by atoms with Crippen LogP contribution in [-0.2, 0) is 6.61 Å². The van der Waals surface area contributed by atoms with E-state index >= 15 is 0 Å². The van der Waals surface area contributed by atoms with Crippen LogP contribution in [-0.4, -0.2) is 25.8 Å². The van der Waals surface area contributed by atoms with Gasteiger partial charge in [0, 0.05) is 5.56 Å². The molecule has 0 aliphatic carbocycles. The third kappa shape index (κ3) is 6.25. The Bertz CT molecular complexity index is 1100. The van der Waals surface area contributed by atoms with E-state index in [1.165, 1.54) is 11.8 Å². The summed E-state index contributed by atoms with van der Waals surface area (Å²) in [5.41, 5.74) is 5.89. The zero-order valence-electron chi connectivity index (χ0n) is 18.2. The molecule has 1 N–H and O–H groups in total. The number of hydrazone groups is 1. The number of benzene rings is 3. The van der Waals surface area contributed by atoms with Gasteiger partial charge >= 0.3 is 0 Å². The Labute approximate surface area is 192 Å². The highest BCUT2D eigenvalue weighted by Crippen LogP contribution is 2.28. The zero-order chi connectivity index (χ0) is 22.9. The molecule has 0 aliphatic heterocycles. The minimum Gasteiger partial charge on any atom is -0.493 e. The number of ether oxygens (including phenoxy) is 3. The van der Waals surface area contributed by atoms with Crippen molar-refractivity contribution in [3.8, 4) is 17.2 Å². The van der Waals surface area contributed by atoms with Crippen molar-refractivity contribution in [2.24, 2.45) is 5.10 Å². The fourth-order valence-electron chi connectivity index (χ4n) is 2.88. The van der Waals surface area contributed by atoms with Crippen molar-refractivity contribution in [3.05, 3.63) is 87.9 Å². The van der Waals surface area contributed by atoms with Crippen LogP contribution < -0.4 is 19.6 Å². The SMILES string of the molecule is CCOc1cc(C(=O)N/N=C/c2ccc(OCc3ccc(C)cc3)c(Cl)c2)ccc1OC. The second-order valence-electron chi connectivity index (χ2n) is 6.96. The van der Waals surface area contributed by atoms with E-state index in [1.807, 2.05) is 44.2 Å². The molecule has 0 spiro atoms. The Hall–Kier alpha value is -3.51. The molecular weight excluding hydrogens is 428 g/mol. The lowest BCUT2D eigenvalue weighted by atomic mass is 10.2. The average molecular weight is 453 g/mol. The maximum atomic E-state index is 12.4. The molecule has 0 aliphatic rings. The van der Waals surface area contributed by atoms with Gasteiger partial charge < -0.3 is 14.2 Å². The largest absolute Gasteiger partial charge is 0.493 e. The Kier molecular flexibility index (Phi) is 8.11. The molecule has 1 amide bonds. The summed E-state index contributed by atoms with van der Waals surface area (Å²) in [6.45, 7) is 4.79. The van der Waals surface area contributed by atoms with Gasteiger partial charge in [0.2, 0.25) is 0 Å². The third-order valence-electron chi connectivity index (χ3n) is 4.58. The quantitative estimate of drug-likeness (QED) is 0.348. The van der Waals surface area contributed by atoms with E-state index in [0.29, 0.717) is 41.0 Å². The number of rotatable bonds is 9. The molecule has 3 aromatic carbocycles. The van der Waals surface area contributed by atoms with Crippen LogP contribution in [0.5, 0.6) is 17.2 Å². The first kappa shape index (κ1) is 23.2. The van der Waals surface area contributed by atoms with Gasteiger partial charge in [-0.25, -0.2) is 5.43 Å². The molecule has 0 unspecified atom stereocenters. The van der Waals surface area contributed by atoms with Crippen LogP contribution in [0.1, 0.15) is 34.0 Å². The molecule has 0 bridgehead atoms. The van der Waals surface area contributed by atoms with Gasteiger partial charge in [0.1, 0.15) is 12.4 Å². The number of methoxy groups -OCH3 is 1. The monoisotopic (exact) mass is 452 g/mol. The van der Waals surface area contributed by atoms with E-state index in [0.717, 1.165) is 11.1 Å². The Morgan fingerprint density at radius 1 is 1.00 bits per heavy atom. The lowest BCUT2D eigenvalue weighted by Crippen LogP contribution is -2.17. The highest BCUT2D eigenvalue weighted by molar-refractivity contribution is 6.32. The first-order valence-corrected chi connectivity index (χ1v) is 10.5. The smallest absolute Gasteiger partial charge is 0.271 e. The molecule has 0 radical (unpaired) electrons. The van der Waals surface area contributed by atoms with Crippen molar-refractivity contribution in [2.45, 2.75) is 20.5 Å². The van der Waals surface area contributed by atoms with Gasteiger partial charge in [-0.3, -0.25) is 4.79 Å². The summed E-state index contributed by atoms with van der Waals surface area (Å²) in [4.78, 5) is 12.4. The predicted octanol–water partition coefficient (Wildman–Crippen LogP) is 5.40. The standard InChI is InChI=1S/C25H25ClN2O4/c1-4-31-24-14-20(10-12-23(24)30-3)25(29)28-27-15-19-9-11-22(21(26)13-19)32-16-18-7-5-17(2)6-8-18/h5-15H,4,16H2,1-3H3,(H,28,29)/b27-15+. The number of carbonyl (C=O) groups excluding carboxylic acids is 1. The number of nitrogens with zero attached hydrogens (tertiary/aromatic N) is 1. The minimum absolute atomic E-state index is 0.367. The number of amides is 1. The second-order valence-corrected chi connectivity index (χ2v) is 7.37. The van der Waals surface area contributed by atoms with Gasteiger partial charge in [0.05, 0.1) is 25.0 Å². The lowest BCUT2D eigenvalue weighted by Gasteiger charge is -2.10. The zero-order valence-corrected chi connectivity index (χ0v) is 19.0. The predicted molar refractivity (Wildman–Crippen MR) is 126 cm³/mol. The van der Waals surface area contributed by atoms with Crippen LogP contribution in [0.2, 0.25) is 5.02 Å². The topological polar surface area (TPSA) is 69.2 Å². The summed E-state index contributed by atoms with van der Waals surface area (Å²) in [7, 11) is 1.55. The van der Waals surface area contributed by atoms with E-state index < -0.39 is 0 Å². The highest BCUT2D eigenvalue weighted by atomic mass is 35.5. The fourth-order valence-corrected chi connectivity index (χ4v) is 3.12. The fraction of sp³-hybridized carbons (Fsp3) is 0.200. The van der Waals surface area contributed by atoms with Gasteiger partial charge in [-0.1, -0.05) is 41.4 Å².